The number of rotatable bonds is 6. The van der Waals surface area contributed by atoms with Crippen molar-refractivity contribution in [3.63, 3.8) is 0 Å². The molecular formula is C7H16O6. The first-order chi connectivity index (χ1) is 6.08. The summed E-state index contributed by atoms with van der Waals surface area (Å²) in [5.74, 6) is 0. The minimum atomic E-state index is -1.50. The maximum absolute atomic E-state index is 9.31. The number of aliphatic hydroxyl groups excluding tert-OH is 4. The van der Waals surface area contributed by atoms with E-state index in [9.17, 15) is 10.2 Å². The van der Waals surface area contributed by atoms with Crippen molar-refractivity contribution in [2.24, 2.45) is 0 Å². The molecule has 0 saturated carbocycles. The highest BCUT2D eigenvalue weighted by Crippen LogP contribution is 2.07. The van der Waals surface area contributed by atoms with Crippen LogP contribution in [0.25, 0.3) is 0 Å². The molecule has 0 amide bonds. The molecule has 0 spiro atoms. The summed E-state index contributed by atoms with van der Waals surface area (Å²) in [5.41, 5.74) is 0. The third kappa shape index (κ3) is 3.55. The molecule has 0 aliphatic rings. The molecule has 0 aromatic carbocycles. The molecule has 0 bridgehead atoms. The second kappa shape index (κ2) is 6.25. The summed E-state index contributed by atoms with van der Waals surface area (Å²) >= 11 is 0. The van der Waals surface area contributed by atoms with E-state index >= 15 is 0 Å². The SMILES string of the molecule is COC(OC)[C@H](O)[C@@H](O)[C@H](O)CO. The zero-order valence-electron chi connectivity index (χ0n) is 7.62. The Bertz CT molecular complexity index is 126. The standard InChI is InChI=1S/C7H16O6/c1-12-7(13-2)6(11)5(10)4(9)3-8/h4-11H,3H2,1-2H3/t4-,5+,6-/m1/s1. The normalized spacial score (nSPS) is 18.7. The lowest BCUT2D eigenvalue weighted by Gasteiger charge is -2.26. The first-order valence-corrected chi connectivity index (χ1v) is 3.79. The van der Waals surface area contributed by atoms with Gasteiger partial charge in [-0.25, -0.2) is 0 Å². The summed E-state index contributed by atoms with van der Waals surface area (Å²) in [6.45, 7) is -0.641. The van der Waals surface area contributed by atoms with Crippen molar-refractivity contribution in [3.8, 4) is 0 Å². The molecule has 0 aromatic heterocycles. The van der Waals surface area contributed by atoms with Crippen molar-refractivity contribution in [1.29, 1.82) is 0 Å². The van der Waals surface area contributed by atoms with Crippen molar-refractivity contribution in [2.75, 3.05) is 20.8 Å². The predicted molar refractivity (Wildman–Crippen MR) is 42.9 cm³/mol. The summed E-state index contributed by atoms with van der Waals surface area (Å²) in [6.07, 6.45) is -5.36. The van der Waals surface area contributed by atoms with Crippen LogP contribution >= 0.6 is 0 Å². The lowest BCUT2D eigenvalue weighted by Crippen LogP contribution is -2.47. The second-order valence-electron chi connectivity index (χ2n) is 2.57. The van der Waals surface area contributed by atoms with Gasteiger partial charge >= 0.3 is 0 Å². The Morgan fingerprint density at radius 2 is 1.46 bits per heavy atom. The maximum atomic E-state index is 9.31. The molecule has 0 heterocycles. The molecule has 6 heteroatoms. The first kappa shape index (κ1) is 12.8. The van der Waals surface area contributed by atoms with Crippen molar-refractivity contribution in [3.05, 3.63) is 0 Å². The van der Waals surface area contributed by atoms with E-state index in [0.29, 0.717) is 0 Å². The zero-order valence-corrected chi connectivity index (χ0v) is 7.62. The molecule has 0 saturated heterocycles. The van der Waals surface area contributed by atoms with E-state index in [0.717, 1.165) is 0 Å². The van der Waals surface area contributed by atoms with Crippen LogP contribution in [0.4, 0.5) is 0 Å². The average Bonchev–Trinajstić information content (AvgIpc) is 2.17. The fraction of sp³-hybridized carbons (Fsp3) is 1.00. The molecule has 0 aromatic rings. The van der Waals surface area contributed by atoms with Crippen molar-refractivity contribution in [2.45, 2.75) is 24.6 Å². The maximum Gasteiger partial charge on any atom is 0.185 e. The van der Waals surface area contributed by atoms with Gasteiger partial charge in [0.05, 0.1) is 6.61 Å². The molecule has 0 radical (unpaired) electrons. The third-order valence-corrected chi connectivity index (χ3v) is 1.67. The fourth-order valence-corrected chi connectivity index (χ4v) is 0.872. The van der Waals surface area contributed by atoms with Gasteiger partial charge in [0.25, 0.3) is 0 Å². The van der Waals surface area contributed by atoms with Crippen molar-refractivity contribution < 1.29 is 29.9 Å². The molecule has 3 atom stereocenters. The summed E-state index contributed by atoms with van der Waals surface area (Å²) in [7, 11) is 2.57. The minimum Gasteiger partial charge on any atom is -0.394 e. The Morgan fingerprint density at radius 1 is 1.00 bits per heavy atom. The predicted octanol–water partition coefficient (Wildman–Crippen LogP) is -2.32. The molecule has 13 heavy (non-hydrogen) atoms. The topological polar surface area (TPSA) is 99.4 Å². The number of aliphatic hydroxyl groups is 4. The van der Waals surface area contributed by atoms with Crippen LogP contribution in [0.15, 0.2) is 0 Å². The van der Waals surface area contributed by atoms with Gasteiger partial charge in [0.1, 0.15) is 18.3 Å². The van der Waals surface area contributed by atoms with Gasteiger partial charge in [-0.2, -0.15) is 0 Å². The number of hydrogen-bond donors (Lipinski definition) is 4. The van der Waals surface area contributed by atoms with Crippen LogP contribution in [0.5, 0.6) is 0 Å². The largest absolute Gasteiger partial charge is 0.394 e. The Labute approximate surface area is 76.3 Å². The third-order valence-electron chi connectivity index (χ3n) is 1.67. The number of ether oxygens (including phenoxy) is 2. The van der Waals surface area contributed by atoms with Crippen LogP contribution in [0.1, 0.15) is 0 Å². The first-order valence-electron chi connectivity index (χ1n) is 3.79. The van der Waals surface area contributed by atoms with Crippen molar-refractivity contribution in [1.82, 2.24) is 0 Å². The quantitative estimate of drug-likeness (QED) is 0.356. The van der Waals surface area contributed by atoms with E-state index in [2.05, 4.69) is 9.47 Å². The lowest BCUT2D eigenvalue weighted by atomic mass is 10.1. The van der Waals surface area contributed by atoms with Crippen LogP contribution in [-0.2, 0) is 9.47 Å². The molecule has 0 unspecified atom stereocenters. The molecule has 4 N–H and O–H groups in total. The molecule has 0 aliphatic carbocycles. The smallest absolute Gasteiger partial charge is 0.185 e. The average molecular weight is 196 g/mol. The molecule has 80 valence electrons. The zero-order chi connectivity index (χ0) is 10.4. The van der Waals surface area contributed by atoms with Gasteiger partial charge < -0.3 is 29.9 Å². The van der Waals surface area contributed by atoms with Crippen molar-refractivity contribution >= 4 is 0 Å². The highest BCUT2D eigenvalue weighted by Gasteiger charge is 2.31. The Morgan fingerprint density at radius 3 is 1.77 bits per heavy atom. The summed E-state index contributed by atoms with van der Waals surface area (Å²) in [4.78, 5) is 0. The van der Waals surface area contributed by atoms with E-state index in [1.165, 1.54) is 14.2 Å². The lowest BCUT2D eigenvalue weighted by molar-refractivity contribution is -0.206. The van der Waals surface area contributed by atoms with Crippen LogP contribution in [0.2, 0.25) is 0 Å². The molecule has 0 fully saturated rings. The van der Waals surface area contributed by atoms with Crippen LogP contribution in [-0.4, -0.2) is 65.9 Å². The van der Waals surface area contributed by atoms with E-state index in [-0.39, 0.29) is 0 Å². The number of hydrogen-bond acceptors (Lipinski definition) is 6. The van der Waals surface area contributed by atoms with E-state index in [1.54, 1.807) is 0 Å². The van der Waals surface area contributed by atoms with Gasteiger partial charge in [0.15, 0.2) is 6.29 Å². The van der Waals surface area contributed by atoms with E-state index in [1.807, 2.05) is 0 Å². The molecular weight excluding hydrogens is 180 g/mol. The second-order valence-corrected chi connectivity index (χ2v) is 2.57. The van der Waals surface area contributed by atoms with Crippen LogP contribution < -0.4 is 0 Å². The minimum absolute atomic E-state index is 0.641. The van der Waals surface area contributed by atoms with E-state index < -0.39 is 31.2 Å². The van der Waals surface area contributed by atoms with Crippen LogP contribution in [0.3, 0.4) is 0 Å². The Balaban J connectivity index is 4.13. The highest BCUT2D eigenvalue weighted by molar-refractivity contribution is 4.76. The van der Waals surface area contributed by atoms with Gasteiger partial charge in [0.2, 0.25) is 0 Å². The van der Waals surface area contributed by atoms with Gasteiger partial charge in [-0.3, -0.25) is 0 Å². The van der Waals surface area contributed by atoms with E-state index in [4.69, 9.17) is 10.2 Å². The van der Waals surface area contributed by atoms with Crippen LogP contribution in [0, 0.1) is 0 Å². The van der Waals surface area contributed by atoms with Gasteiger partial charge in [-0.1, -0.05) is 0 Å². The van der Waals surface area contributed by atoms with Gasteiger partial charge in [0, 0.05) is 14.2 Å². The molecule has 0 aliphatic heterocycles. The molecule has 0 rings (SSSR count). The number of methoxy groups -OCH3 is 2. The highest BCUT2D eigenvalue weighted by atomic mass is 16.7. The van der Waals surface area contributed by atoms with Gasteiger partial charge in [-0.05, 0) is 0 Å². The fourth-order valence-electron chi connectivity index (χ4n) is 0.872. The van der Waals surface area contributed by atoms with Gasteiger partial charge in [-0.15, -0.1) is 0 Å². The summed E-state index contributed by atoms with van der Waals surface area (Å²) in [6, 6.07) is 0. The molecule has 6 nitrogen and oxygen atoms in total. The summed E-state index contributed by atoms with van der Waals surface area (Å²) in [5, 5.41) is 36.0. The Hall–Kier alpha value is -0.240. The Kier molecular flexibility index (Phi) is 6.13. The monoisotopic (exact) mass is 196 g/mol. The summed E-state index contributed by atoms with van der Waals surface area (Å²) < 4.78 is 9.30.